The quantitative estimate of drug-likeness (QED) is 0.387. The van der Waals surface area contributed by atoms with Crippen molar-refractivity contribution in [1.29, 1.82) is 0 Å². The first-order valence-corrected chi connectivity index (χ1v) is 11.7. The van der Waals surface area contributed by atoms with Crippen LogP contribution in [0, 0.1) is 5.82 Å². The molecule has 1 aliphatic heterocycles. The number of hydrogen-bond acceptors (Lipinski definition) is 5. The molecule has 0 saturated carbocycles. The molecule has 35 heavy (non-hydrogen) atoms. The maximum Gasteiger partial charge on any atom is 0.250 e. The molecule has 0 radical (unpaired) electrons. The second-order valence-electron chi connectivity index (χ2n) is 8.63. The van der Waals surface area contributed by atoms with Crippen molar-refractivity contribution in [2.24, 2.45) is 5.73 Å². The molecule has 3 heterocycles. The molecule has 1 amide bonds. The normalized spacial score (nSPS) is 15.4. The van der Waals surface area contributed by atoms with E-state index in [9.17, 15) is 9.18 Å². The third-order valence-corrected chi connectivity index (χ3v) is 6.53. The molecule has 4 aromatic rings. The first-order chi connectivity index (χ1) is 16.9. The number of carbonyl (C=O) groups excluding carboxylic acids is 1. The fourth-order valence-corrected chi connectivity index (χ4v) is 4.57. The number of nitrogens with two attached hydrogens (primary N) is 1. The Morgan fingerprint density at radius 1 is 1.00 bits per heavy atom. The molecule has 1 aliphatic rings. The number of aromatic nitrogens is 3. The predicted octanol–water partition coefficient (Wildman–Crippen LogP) is 5.75. The zero-order chi connectivity index (χ0) is 24.5. The summed E-state index contributed by atoms with van der Waals surface area (Å²) >= 11 is 6.35. The molecule has 2 N–H and O–H groups in total. The summed E-state index contributed by atoms with van der Waals surface area (Å²) in [5.41, 5.74) is 10.2. The molecular weight excluding hydrogens is 465 g/mol. The smallest absolute Gasteiger partial charge is 0.250 e. The van der Waals surface area contributed by atoms with E-state index in [2.05, 4.69) is 16.8 Å². The highest BCUT2D eigenvalue weighted by molar-refractivity contribution is 6.33. The molecule has 1 fully saturated rings. The van der Waals surface area contributed by atoms with Crippen molar-refractivity contribution in [3.05, 3.63) is 83.3 Å². The molecule has 5 rings (SSSR count). The van der Waals surface area contributed by atoms with Crippen molar-refractivity contribution >= 4 is 23.5 Å². The summed E-state index contributed by atoms with van der Waals surface area (Å²) in [4.78, 5) is 27.6. The molecule has 1 saturated heterocycles. The van der Waals surface area contributed by atoms with E-state index < -0.39 is 5.91 Å². The first kappa shape index (κ1) is 22.9. The summed E-state index contributed by atoms with van der Waals surface area (Å²) < 4.78 is 13.5. The van der Waals surface area contributed by atoms with Gasteiger partial charge in [0.1, 0.15) is 5.82 Å². The molecule has 0 aliphatic carbocycles. The van der Waals surface area contributed by atoms with Gasteiger partial charge in [0.05, 0.1) is 27.7 Å². The minimum atomic E-state index is -0.579. The molecule has 0 bridgehead atoms. The van der Waals surface area contributed by atoms with E-state index in [1.807, 2.05) is 30.3 Å². The van der Waals surface area contributed by atoms with Crippen LogP contribution in [-0.4, -0.2) is 33.4 Å². The lowest BCUT2D eigenvalue weighted by Gasteiger charge is -2.22. The Kier molecular flexibility index (Phi) is 6.17. The van der Waals surface area contributed by atoms with E-state index in [-0.39, 0.29) is 11.4 Å². The molecule has 1 atom stereocenters. The van der Waals surface area contributed by atoms with Crippen LogP contribution < -0.4 is 10.6 Å². The van der Waals surface area contributed by atoms with Crippen molar-refractivity contribution in [2.45, 2.75) is 25.8 Å². The van der Waals surface area contributed by atoms with Crippen LogP contribution in [0.5, 0.6) is 0 Å². The summed E-state index contributed by atoms with van der Waals surface area (Å²) in [5.74, 6) is -0.198. The van der Waals surface area contributed by atoms with Gasteiger partial charge in [0, 0.05) is 35.5 Å². The van der Waals surface area contributed by atoms with E-state index in [0.717, 1.165) is 47.5 Å². The van der Waals surface area contributed by atoms with E-state index in [1.54, 1.807) is 12.1 Å². The number of rotatable bonds is 5. The molecule has 1 unspecified atom stereocenters. The number of benzene rings is 2. The number of nitrogens with zero attached hydrogens (tertiary/aromatic N) is 4. The Morgan fingerprint density at radius 3 is 2.14 bits per heavy atom. The van der Waals surface area contributed by atoms with Crippen molar-refractivity contribution in [3.63, 3.8) is 0 Å². The summed E-state index contributed by atoms with van der Waals surface area (Å²) in [5, 5.41) is 0.347. The Hall–Kier alpha value is -3.84. The van der Waals surface area contributed by atoms with Gasteiger partial charge >= 0.3 is 0 Å². The lowest BCUT2D eigenvalue weighted by molar-refractivity contribution is 0.1000. The molecule has 0 spiro atoms. The van der Waals surface area contributed by atoms with Crippen LogP contribution in [0.3, 0.4) is 0 Å². The fourth-order valence-electron chi connectivity index (χ4n) is 4.29. The Labute approximate surface area is 207 Å². The average molecular weight is 488 g/mol. The number of hydrogen-bond donors (Lipinski definition) is 1. The van der Waals surface area contributed by atoms with Crippen LogP contribution in [-0.2, 0) is 0 Å². The molecule has 6 nitrogen and oxygen atoms in total. The SMILES string of the molecule is CC1CCCN1c1nc(-c2ccc(F)cc2)cc(-c2ccc(-c3ncc(C(N)=O)cc3Cl)cc2)n1. The summed E-state index contributed by atoms with van der Waals surface area (Å²) in [6, 6.07) is 17.8. The summed E-state index contributed by atoms with van der Waals surface area (Å²) in [6.45, 7) is 3.08. The summed E-state index contributed by atoms with van der Waals surface area (Å²) in [7, 11) is 0. The van der Waals surface area contributed by atoms with Gasteiger partial charge in [0.15, 0.2) is 0 Å². The lowest BCUT2D eigenvalue weighted by atomic mass is 10.0. The van der Waals surface area contributed by atoms with Gasteiger partial charge in [-0.05, 0) is 56.2 Å². The second kappa shape index (κ2) is 9.43. The van der Waals surface area contributed by atoms with Crippen molar-refractivity contribution in [1.82, 2.24) is 15.0 Å². The minimum Gasteiger partial charge on any atom is -0.366 e. The average Bonchev–Trinajstić information content (AvgIpc) is 3.30. The second-order valence-corrected chi connectivity index (χ2v) is 9.03. The van der Waals surface area contributed by atoms with E-state index >= 15 is 0 Å². The predicted molar refractivity (Wildman–Crippen MR) is 136 cm³/mol. The lowest BCUT2D eigenvalue weighted by Crippen LogP contribution is -2.28. The van der Waals surface area contributed by atoms with Gasteiger partial charge in [0.25, 0.3) is 0 Å². The standard InChI is InChI=1S/C27H23ClFN5O/c1-16-3-2-12-34(16)27-32-23(14-24(33-27)18-8-10-21(29)11-9-18)17-4-6-19(7-5-17)25-22(28)13-20(15-31-25)26(30)35/h4-11,13-16H,2-3,12H2,1H3,(H2,30,35). The third-order valence-electron chi connectivity index (χ3n) is 6.24. The zero-order valence-electron chi connectivity index (χ0n) is 19.1. The molecule has 2 aromatic heterocycles. The number of primary amides is 1. The van der Waals surface area contributed by atoms with Gasteiger partial charge in [-0.2, -0.15) is 0 Å². The van der Waals surface area contributed by atoms with E-state index in [1.165, 1.54) is 24.4 Å². The molecular formula is C27H23ClFN5O. The number of carbonyl (C=O) groups is 1. The fraction of sp³-hybridized carbons (Fsp3) is 0.185. The van der Waals surface area contributed by atoms with Crippen LogP contribution in [0.25, 0.3) is 33.8 Å². The molecule has 2 aromatic carbocycles. The highest BCUT2D eigenvalue weighted by Crippen LogP contribution is 2.32. The summed E-state index contributed by atoms with van der Waals surface area (Å²) in [6.07, 6.45) is 3.61. The van der Waals surface area contributed by atoms with E-state index in [4.69, 9.17) is 27.3 Å². The van der Waals surface area contributed by atoms with E-state index in [0.29, 0.717) is 22.7 Å². The number of anilines is 1. The maximum atomic E-state index is 13.5. The Balaban J connectivity index is 1.54. The van der Waals surface area contributed by atoms with Gasteiger partial charge in [-0.3, -0.25) is 9.78 Å². The van der Waals surface area contributed by atoms with Crippen LogP contribution in [0.15, 0.2) is 66.9 Å². The van der Waals surface area contributed by atoms with Gasteiger partial charge in [-0.1, -0.05) is 35.9 Å². The van der Waals surface area contributed by atoms with Gasteiger partial charge in [-0.25, -0.2) is 14.4 Å². The largest absolute Gasteiger partial charge is 0.366 e. The number of pyridine rings is 1. The Bertz CT molecular complexity index is 1390. The molecule has 176 valence electrons. The van der Waals surface area contributed by atoms with Crippen LogP contribution in [0.1, 0.15) is 30.1 Å². The zero-order valence-corrected chi connectivity index (χ0v) is 19.8. The van der Waals surface area contributed by atoms with Gasteiger partial charge in [0.2, 0.25) is 11.9 Å². The highest BCUT2D eigenvalue weighted by atomic mass is 35.5. The topological polar surface area (TPSA) is 85.0 Å². The number of amides is 1. The maximum absolute atomic E-state index is 13.5. The number of halogens is 2. The monoisotopic (exact) mass is 487 g/mol. The highest BCUT2D eigenvalue weighted by Gasteiger charge is 2.24. The van der Waals surface area contributed by atoms with Crippen LogP contribution >= 0.6 is 11.6 Å². The first-order valence-electron chi connectivity index (χ1n) is 11.4. The van der Waals surface area contributed by atoms with Crippen LogP contribution in [0.4, 0.5) is 10.3 Å². The van der Waals surface area contributed by atoms with Crippen molar-refractivity contribution < 1.29 is 9.18 Å². The van der Waals surface area contributed by atoms with Crippen molar-refractivity contribution in [2.75, 3.05) is 11.4 Å². The van der Waals surface area contributed by atoms with Gasteiger partial charge in [-0.15, -0.1) is 0 Å². The van der Waals surface area contributed by atoms with Crippen LogP contribution in [0.2, 0.25) is 5.02 Å². The Morgan fingerprint density at radius 2 is 1.60 bits per heavy atom. The third kappa shape index (κ3) is 4.72. The van der Waals surface area contributed by atoms with Gasteiger partial charge < -0.3 is 10.6 Å². The van der Waals surface area contributed by atoms with Crippen molar-refractivity contribution in [3.8, 4) is 33.8 Å². The minimum absolute atomic E-state index is 0.258. The molecule has 8 heteroatoms.